The van der Waals surface area contributed by atoms with Gasteiger partial charge in [0.1, 0.15) is 0 Å². The predicted molar refractivity (Wildman–Crippen MR) is 92.3 cm³/mol. The van der Waals surface area contributed by atoms with Crippen LogP contribution in [0.5, 0.6) is 0 Å². The smallest absolute Gasteiger partial charge is 0.328 e. The summed E-state index contributed by atoms with van der Waals surface area (Å²) in [6, 6.07) is 0. The molecular formula is C15H19N5O5S. The third kappa shape index (κ3) is 4.05. The van der Waals surface area contributed by atoms with E-state index in [-0.39, 0.29) is 29.2 Å². The first kappa shape index (κ1) is 18.4. The van der Waals surface area contributed by atoms with Gasteiger partial charge >= 0.3 is 5.69 Å². The second kappa shape index (κ2) is 7.87. The molecular weight excluding hydrogens is 362 g/mol. The fourth-order valence-electron chi connectivity index (χ4n) is 2.53. The van der Waals surface area contributed by atoms with Crippen LogP contribution in [0.25, 0.3) is 0 Å². The summed E-state index contributed by atoms with van der Waals surface area (Å²) >= 11 is 1.15. The van der Waals surface area contributed by atoms with Gasteiger partial charge in [-0.25, -0.2) is 4.79 Å². The van der Waals surface area contributed by atoms with Crippen LogP contribution in [0.2, 0.25) is 0 Å². The summed E-state index contributed by atoms with van der Waals surface area (Å²) < 4.78 is 11.7. The van der Waals surface area contributed by atoms with Gasteiger partial charge in [-0.3, -0.25) is 14.2 Å². The number of amides is 1. The lowest BCUT2D eigenvalue weighted by Crippen LogP contribution is -2.41. The van der Waals surface area contributed by atoms with Crippen molar-refractivity contribution in [2.24, 2.45) is 7.05 Å². The maximum absolute atomic E-state index is 12.2. The molecule has 1 aliphatic heterocycles. The van der Waals surface area contributed by atoms with Crippen molar-refractivity contribution in [3.63, 3.8) is 0 Å². The molecule has 140 valence electrons. The highest BCUT2D eigenvalue weighted by Gasteiger charge is 2.19. The van der Waals surface area contributed by atoms with Gasteiger partial charge in [0.25, 0.3) is 10.8 Å². The van der Waals surface area contributed by atoms with Crippen LogP contribution in [0.15, 0.2) is 19.2 Å². The molecule has 0 aliphatic carbocycles. The van der Waals surface area contributed by atoms with E-state index in [4.69, 9.17) is 9.15 Å². The van der Waals surface area contributed by atoms with Gasteiger partial charge in [0.05, 0.1) is 25.4 Å². The molecule has 3 rings (SSSR count). The predicted octanol–water partition coefficient (Wildman–Crippen LogP) is -0.693. The number of nitrogens with zero attached hydrogens (tertiary/aromatic N) is 4. The summed E-state index contributed by atoms with van der Waals surface area (Å²) in [5.41, 5.74) is -0.0227. The summed E-state index contributed by atoms with van der Waals surface area (Å²) in [6.45, 7) is 3.92. The number of morpholine rings is 1. The average Bonchev–Trinajstić information content (AvgIpc) is 3.10. The van der Waals surface area contributed by atoms with E-state index in [1.165, 1.54) is 7.05 Å². The summed E-state index contributed by atoms with van der Waals surface area (Å²) in [6.07, 6.45) is 0.111. The molecule has 0 bridgehead atoms. The van der Waals surface area contributed by atoms with E-state index in [1.54, 1.807) is 11.8 Å². The number of rotatable bonds is 5. The van der Waals surface area contributed by atoms with Crippen molar-refractivity contribution in [2.75, 3.05) is 32.1 Å². The second-order valence-electron chi connectivity index (χ2n) is 5.82. The van der Waals surface area contributed by atoms with Crippen LogP contribution in [0.1, 0.15) is 17.1 Å². The van der Waals surface area contributed by atoms with Crippen LogP contribution in [0.4, 0.5) is 0 Å². The molecule has 2 aromatic heterocycles. The molecule has 0 atom stereocenters. The molecule has 0 spiro atoms. The van der Waals surface area contributed by atoms with Crippen molar-refractivity contribution in [1.29, 1.82) is 0 Å². The molecule has 1 N–H and O–H groups in total. The molecule has 0 aromatic carbocycles. The standard InChI is InChI=1S/C15H19N5O5S/c1-9-10(13(22)19(2)14(23)16-9)7-11-17-18-15(25-11)26-8-12(21)20-3-5-24-6-4-20/h3-8H2,1-2H3,(H,16,23). The number of aromatic amines is 1. The summed E-state index contributed by atoms with van der Waals surface area (Å²) in [5.74, 6) is 0.433. The van der Waals surface area contributed by atoms with E-state index in [9.17, 15) is 14.4 Å². The zero-order chi connectivity index (χ0) is 18.7. The monoisotopic (exact) mass is 381 g/mol. The van der Waals surface area contributed by atoms with Crippen molar-refractivity contribution >= 4 is 17.7 Å². The topological polar surface area (TPSA) is 123 Å². The SMILES string of the molecule is Cc1[nH]c(=O)n(C)c(=O)c1Cc1nnc(SCC(=O)N2CCOCC2)o1. The minimum absolute atomic E-state index is 0.0107. The van der Waals surface area contributed by atoms with Gasteiger partial charge in [0.15, 0.2) is 0 Å². The Morgan fingerprint density at radius 3 is 2.73 bits per heavy atom. The normalized spacial score (nSPS) is 14.6. The zero-order valence-corrected chi connectivity index (χ0v) is 15.3. The second-order valence-corrected chi connectivity index (χ2v) is 6.74. The van der Waals surface area contributed by atoms with Gasteiger partial charge in [-0.2, -0.15) is 0 Å². The molecule has 1 saturated heterocycles. The number of H-pyrrole nitrogens is 1. The van der Waals surface area contributed by atoms with Gasteiger partial charge in [-0.05, 0) is 6.92 Å². The Morgan fingerprint density at radius 2 is 2.00 bits per heavy atom. The first-order valence-electron chi connectivity index (χ1n) is 8.05. The highest BCUT2D eigenvalue weighted by Crippen LogP contribution is 2.18. The van der Waals surface area contributed by atoms with E-state index in [0.29, 0.717) is 37.6 Å². The highest BCUT2D eigenvalue weighted by molar-refractivity contribution is 7.99. The van der Waals surface area contributed by atoms with E-state index in [0.717, 1.165) is 16.3 Å². The van der Waals surface area contributed by atoms with E-state index in [1.807, 2.05) is 0 Å². The van der Waals surface area contributed by atoms with Crippen LogP contribution in [-0.2, 0) is 23.0 Å². The Balaban J connectivity index is 1.64. The quantitative estimate of drug-likeness (QED) is 0.675. The highest BCUT2D eigenvalue weighted by atomic mass is 32.2. The summed E-state index contributed by atoms with van der Waals surface area (Å²) in [5, 5.41) is 8.08. The number of hydrogen-bond donors (Lipinski definition) is 1. The number of carbonyl (C=O) groups is 1. The van der Waals surface area contributed by atoms with E-state index in [2.05, 4.69) is 15.2 Å². The Morgan fingerprint density at radius 1 is 1.27 bits per heavy atom. The number of hydrogen-bond acceptors (Lipinski definition) is 8. The van der Waals surface area contributed by atoms with Gasteiger partial charge < -0.3 is 19.0 Å². The van der Waals surface area contributed by atoms with Crippen LogP contribution in [0, 0.1) is 6.92 Å². The first-order valence-corrected chi connectivity index (χ1v) is 9.03. The largest absolute Gasteiger partial charge is 0.416 e. The molecule has 10 nitrogen and oxygen atoms in total. The number of aryl methyl sites for hydroxylation is 1. The Kier molecular flexibility index (Phi) is 5.57. The number of nitrogens with one attached hydrogen (secondary N) is 1. The molecule has 0 unspecified atom stereocenters. The maximum atomic E-state index is 12.2. The molecule has 1 aliphatic rings. The fourth-order valence-corrected chi connectivity index (χ4v) is 3.21. The Bertz CT molecular complexity index is 912. The average molecular weight is 381 g/mol. The van der Waals surface area contributed by atoms with Crippen LogP contribution in [0.3, 0.4) is 0 Å². The number of aromatic nitrogens is 4. The van der Waals surface area contributed by atoms with Crippen molar-refractivity contribution in [3.8, 4) is 0 Å². The third-order valence-corrected chi connectivity index (χ3v) is 4.88. The molecule has 1 amide bonds. The fraction of sp³-hybridized carbons (Fsp3) is 0.533. The van der Waals surface area contributed by atoms with Gasteiger partial charge in [0, 0.05) is 31.4 Å². The summed E-state index contributed by atoms with van der Waals surface area (Å²) in [4.78, 5) is 40.2. The van der Waals surface area contributed by atoms with E-state index < -0.39 is 11.2 Å². The third-order valence-electron chi connectivity index (χ3n) is 4.07. The van der Waals surface area contributed by atoms with Gasteiger partial charge in [-0.1, -0.05) is 11.8 Å². The van der Waals surface area contributed by atoms with Crippen molar-refractivity contribution < 1.29 is 13.9 Å². The van der Waals surface area contributed by atoms with Crippen molar-refractivity contribution in [3.05, 3.63) is 38.0 Å². The van der Waals surface area contributed by atoms with Crippen molar-refractivity contribution in [1.82, 2.24) is 24.6 Å². The number of ether oxygens (including phenoxy) is 1. The van der Waals surface area contributed by atoms with Gasteiger partial charge in [0.2, 0.25) is 11.8 Å². The first-order chi connectivity index (χ1) is 12.5. The van der Waals surface area contributed by atoms with Crippen LogP contribution < -0.4 is 11.2 Å². The van der Waals surface area contributed by atoms with Crippen LogP contribution >= 0.6 is 11.8 Å². The molecule has 11 heteroatoms. The minimum atomic E-state index is -0.473. The minimum Gasteiger partial charge on any atom is -0.416 e. The molecule has 1 fully saturated rings. The van der Waals surface area contributed by atoms with E-state index >= 15 is 0 Å². The summed E-state index contributed by atoms with van der Waals surface area (Å²) in [7, 11) is 1.40. The number of carbonyl (C=O) groups excluding carboxylic acids is 1. The molecule has 0 saturated carbocycles. The molecule has 3 heterocycles. The van der Waals surface area contributed by atoms with Crippen LogP contribution in [-0.4, -0.2) is 62.6 Å². The lowest BCUT2D eigenvalue weighted by molar-refractivity contribution is -0.132. The van der Waals surface area contributed by atoms with Crippen molar-refractivity contribution in [2.45, 2.75) is 18.6 Å². The molecule has 2 aromatic rings. The molecule has 0 radical (unpaired) electrons. The Labute approximate surface area is 152 Å². The zero-order valence-electron chi connectivity index (χ0n) is 14.5. The Hall–Kier alpha value is -2.40. The van der Waals surface area contributed by atoms with Gasteiger partial charge in [-0.15, -0.1) is 10.2 Å². The lowest BCUT2D eigenvalue weighted by Gasteiger charge is -2.26. The molecule has 26 heavy (non-hydrogen) atoms. The maximum Gasteiger partial charge on any atom is 0.328 e. The number of thioether (sulfide) groups is 1. The lowest BCUT2D eigenvalue weighted by atomic mass is 10.2.